The van der Waals surface area contributed by atoms with Crippen LogP contribution in [0.5, 0.6) is 0 Å². The number of hydrogen-bond donors (Lipinski definition) is 1. The van der Waals surface area contributed by atoms with Gasteiger partial charge in [0.05, 0.1) is 6.61 Å². The van der Waals surface area contributed by atoms with Crippen molar-refractivity contribution in [3.8, 4) is 0 Å². The van der Waals surface area contributed by atoms with E-state index in [0.29, 0.717) is 6.61 Å². The molecule has 1 saturated heterocycles. The third kappa shape index (κ3) is 2.97. The highest BCUT2D eigenvalue weighted by molar-refractivity contribution is 5.30. The Morgan fingerprint density at radius 1 is 1.44 bits per heavy atom. The molecule has 0 unspecified atom stereocenters. The molecule has 1 aromatic heterocycles. The Morgan fingerprint density at radius 2 is 2.22 bits per heavy atom. The Balaban J connectivity index is 2.07. The van der Waals surface area contributed by atoms with Crippen molar-refractivity contribution in [2.45, 2.75) is 19.3 Å². The van der Waals surface area contributed by atoms with E-state index in [-0.39, 0.29) is 12.0 Å². The van der Waals surface area contributed by atoms with E-state index in [9.17, 15) is 5.11 Å². The average Bonchev–Trinajstić information content (AvgIpc) is 2.46. The van der Waals surface area contributed by atoms with Crippen molar-refractivity contribution in [1.29, 1.82) is 0 Å². The molecule has 0 bridgehead atoms. The molecule has 1 atom stereocenters. The molecule has 0 aromatic carbocycles. The van der Waals surface area contributed by atoms with Gasteiger partial charge in [0.2, 0.25) is 5.95 Å². The van der Waals surface area contributed by atoms with Gasteiger partial charge in [0.1, 0.15) is 0 Å². The minimum Gasteiger partial charge on any atom is -0.396 e. The van der Waals surface area contributed by atoms with Crippen LogP contribution in [0.4, 0.5) is 5.95 Å². The quantitative estimate of drug-likeness (QED) is 0.849. The molecule has 18 heavy (non-hydrogen) atoms. The third-order valence-electron chi connectivity index (χ3n) is 3.67. The lowest BCUT2D eigenvalue weighted by molar-refractivity contribution is 0.0622. The highest BCUT2D eigenvalue weighted by Gasteiger charge is 2.35. The standard InChI is InChI=1S/C13H21N3O2/c1-18-9-5-13(11-17)4-2-8-16(10-13)12-14-6-3-7-15-12/h3,6-7,17H,2,4-5,8-11H2,1H3/t13-/m1/s1. The molecule has 5 nitrogen and oxygen atoms in total. The number of ether oxygens (including phenoxy) is 1. The van der Waals surface area contributed by atoms with Gasteiger partial charge in [-0.1, -0.05) is 0 Å². The van der Waals surface area contributed by atoms with Crippen molar-refractivity contribution < 1.29 is 9.84 Å². The van der Waals surface area contributed by atoms with Crippen LogP contribution in [0.25, 0.3) is 0 Å². The fourth-order valence-electron chi connectivity index (χ4n) is 2.56. The molecule has 0 amide bonds. The molecule has 1 aliphatic heterocycles. The van der Waals surface area contributed by atoms with E-state index < -0.39 is 0 Å². The van der Waals surface area contributed by atoms with Gasteiger partial charge in [-0.05, 0) is 25.3 Å². The third-order valence-corrected chi connectivity index (χ3v) is 3.67. The fraction of sp³-hybridized carbons (Fsp3) is 0.692. The van der Waals surface area contributed by atoms with E-state index in [1.54, 1.807) is 19.5 Å². The smallest absolute Gasteiger partial charge is 0.225 e. The Labute approximate surface area is 108 Å². The first kappa shape index (κ1) is 13.2. The molecule has 1 aliphatic rings. The van der Waals surface area contributed by atoms with Crippen LogP contribution in [0.1, 0.15) is 19.3 Å². The number of nitrogens with zero attached hydrogens (tertiary/aromatic N) is 3. The SMILES string of the molecule is COCC[C@]1(CO)CCCN(c2ncccn2)C1. The van der Waals surface area contributed by atoms with Crippen molar-refractivity contribution in [3.05, 3.63) is 18.5 Å². The summed E-state index contributed by atoms with van der Waals surface area (Å²) < 4.78 is 5.15. The summed E-state index contributed by atoms with van der Waals surface area (Å²) in [7, 11) is 1.70. The van der Waals surface area contributed by atoms with Gasteiger partial charge in [0.25, 0.3) is 0 Å². The second kappa shape index (κ2) is 6.11. The zero-order valence-corrected chi connectivity index (χ0v) is 10.9. The number of piperidine rings is 1. The van der Waals surface area contributed by atoms with E-state index >= 15 is 0 Å². The predicted octanol–water partition coefficient (Wildman–Crippen LogP) is 1.09. The molecular formula is C13H21N3O2. The van der Waals surface area contributed by atoms with Gasteiger partial charge in [-0.2, -0.15) is 0 Å². The largest absolute Gasteiger partial charge is 0.396 e. The second-order valence-corrected chi connectivity index (χ2v) is 4.97. The van der Waals surface area contributed by atoms with Crippen molar-refractivity contribution >= 4 is 5.95 Å². The Kier molecular flexibility index (Phi) is 4.49. The first-order valence-corrected chi connectivity index (χ1v) is 6.41. The van der Waals surface area contributed by atoms with Crippen LogP contribution >= 0.6 is 0 Å². The molecule has 5 heteroatoms. The van der Waals surface area contributed by atoms with E-state index in [2.05, 4.69) is 14.9 Å². The monoisotopic (exact) mass is 251 g/mol. The summed E-state index contributed by atoms with van der Waals surface area (Å²) in [5.74, 6) is 0.757. The molecule has 1 fully saturated rings. The maximum absolute atomic E-state index is 9.71. The van der Waals surface area contributed by atoms with E-state index in [1.165, 1.54) is 0 Å². The number of hydrogen-bond acceptors (Lipinski definition) is 5. The Hall–Kier alpha value is -1.20. The summed E-state index contributed by atoms with van der Waals surface area (Å²) in [5, 5.41) is 9.71. The van der Waals surface area contributed by atoms with Gasteiger partial charge < -0.3 is 14.7 Å². The van der Waals surface area contributed by atoms with Crippen LogP contribution < -0.4 is 4.90 Å². The average molecular weight is 251 g/mol. The van der Waals surface area contributed by atoms with Crippen LogP contribution in [0.15, 0.2) is 18.5 Å². The van der Waals surface area contributed by atoms with Gasteiger partial charge in [-0.3, -0.25) is 0 Å². The lowest BCUT2D eigenvalue weighted by atomic mass is 9.78. The highest BCUT2D eigenvalue weighted by Crippen LogP contribution is 2.34. The summed E-state index contributed by atoms with van der Waals surface area (Å²) in [5.41, 5.74) is -0.0759. The molecule has 2 heterocycles. The number of aliphatic hydroxyl groups is 1. The topological polar surface area (TPSA) is 58.5 Å². The van der Waals surface area contributed by atoms with Gasteiger partial charge in [-0.15, -0.1) is 0 Å². The lowest BCUT2D eigenvalue weighted by Gasteiger charge is -2.41. The molecule has 0 spiro atoms. The van der Waals surface area contributed by atoms with Crippen LogP contribution in [0.3, 0.4) is 0 Å². The maximum atomic E-state index is 9.71. The second-order valence-electron chi connectivity index (χ2n) is 4.97. The molecule has 1 N–H and O–H groups in total. The van der Waals surface area contributed by atoms with Gasteiger partial charge in [0, 0.05) is 44.6 Å². The summed E-state index contributed by atoms with van der Waals surface area (Å²) in [4.78, 5) is 10.7. The number of anilines is 1. The van der Waals surface area contributed by atoms with Gasteiger partial charge in [0.15, 0.2) is 0 Å². The zero-order chi connectivity index (χ0) is 12.8. The summed E-state index contributed by atoms with van der Waals surface area (Å²) >= 11 is 0. The van der Waals surface area contributed by atoms with Crippen molar-refractivity contribution in [2.24, 2.45) is 5.41 Å². The number of methoxy groups -OCH3 is 1. The lowest BCUT2D eigenvalue weighted by Crippen LogP contribution is -2.46. The molecule has 0 aliphatic carbocycles. The summed E-state index contributed by atoms with van der Waals surface area (Å²) in [6, 6.07) is 1.82. The predicted molar refractivity (Wildman–Crippen MR) is 69.5 cm³/mol. The fourth-order valence-corrected chi connectivity index (χ4v) is 2.56. The van der Waals surface area contributed by atoms with Crippen LogP contribution in [-0.2, 0) is 4.74 Å². The Morgan fingerprint density at radius 3 is 2.89 bits per heavy atom. The first-order chi connectivity index (χ1) is 8.79. The molecule has 2 rings (SSSR count). The molecular weight excluding hydrogens is 230 g/mol. The van der Waals surface area contributed by atoms with Crippen LogP contribution in [-0.4, -0.2) is 48.5 Å². The summed E-state index contributed by atoms with van der Waals surface area (Å²) in [6.07, 6.45) is 6.49. The molecule has 0 radical (unpaired) electrons. The highest BCUT2D eigenvalue weighted by atomic mass is 16.5. The molecule has 1 aromatic rings. The zero-order valence-electron chi connectivity index (χ0n) is 10.9. The van der Waals surface area contributed by atoms with Crippen LogP contribution in [0.2, 0.25) is 0 Å². The normalized spacial score (nSPS) is 24.2. The number of aromatic nitrogens is 2. The molecule has 100 valence electrons. The minimum atomic E-state index is -0.0759. The van der Waals surface area contributed by atoms with Crippen molar-refractivity contribution in [2.75, 3.05) is 38.3 Å². The Bertz CT molecular complexity index is 361. The van der Waals surface area contributed by atoms with Gasteiger partial charge >= 0.3 is 0 Å². The van der Waals surface area contributed by atoms with E-state index in [0.717, 1.165) is 38.3 Å². The first-order valence-electron chi connectivity index (χ1n) is 6.41. The summed E-state index contributed by atoms with van der Waals surface area (Å²) in [6.45, 7) is 2.64. The maximum Gasteiger partial charge on any atom is 0.225 e. The van der Waals surface area contributed by atoms with Crippen molar-refractivity contribution in [3.63, 3.8) is 0 Å². The number of rotatable bonds is 5. The number of aliphatic hydroxyl groups excluding tert-OH is 1. The minimum absolute atomic E-state index is 0.0759. The van der Waals surface area contributed by atoms with E-state index in [1.807, 2.05) is 6.07 Å². The van der Waals surface area contributed by atoms with Crippen molar-refractivity contribution in [1.82, 2.24) is 9.97 Å². The van der Waals surface area contributed by atoms with E-state index in [4.69, 9.17) is 4.74 Å². The van der Waals surface area contributed by atoms with Crippen LogP contribution in [0, 0.1) is 5.41 Å². The van der Waals surface area contributed by atoms with Gasteiger partial charge in [-0.25, -0.2) is 9.97 Å². The molecule has 0 saturated carbocycles.